The molecule has 1 aromatic heterocycles. The maximum absolute atomic E-state index is 11.3. The van der Waals surface area contributed by atoms with Crippen LogP contribution in [0.15, 0.2) is 41.5 Å². The molecule has 0 bridgehead atoms. The largest absolute Gasteiger partial charge is 0.330 e. The summed E-state index contributed by atoms with van der Waals surface area (Å²) in [6.07, 6.45) is 3.36. The van der Waals surface area contributed by atoms with Gasteiger partial charge in [0.1, 0.15) is 0 Å². The van der Waals surface area contributed by atoms with Crippen molar-refractivity contribution in [2.24, 2.45) is 0 Å². The van der Waals surface area contributed by atoms with E-state index in [9.17, 15) is 4.79 Å². The standard InChI is InChI=1S/C10H10N2O/c1-8-4-2-3-5-9(8)12-7-6-11-10(12)13/h2-7H,1H3,(H,11,13). The first kappa shape index (κ1) is 7.86. The summed E-state index contributed by atoms with van der Waals surface area (Å²) in [6, 6.07) is 7.78. The Morgan fingerprint density at radius 3 is 2.69 bits per heavy atom. The van der Waals surface area contributed by atoms with Crippen molar-refractivity contribution in [3.63, 3.8) is 0 Å². The molecule has 3 heteroatoms. The van der Waals surface area contributed by atoms with Crippen LogP contribution in [0.25, 0.3) is 5.69 Å². The van der Waals surface area contributed by atoms with Gasteiger partial charge in [0.15, 0.2) is 0 Å². The lowest BCUT2D eigenvalue weighted by Gasteiger charge is -2.03. The molecule has 0 amide bonds. The number of aryl methyl sites for hydroxylation is 1. The number of benzene rings is 1. The molecule has 2 aromatic rings. The predicted octanol–water partition coefficient (Wildman–Crippen LogP) is 1.47. The summed E-state index contributed by atoms with van der Waals surface area (Å²) >= 11 is 0. The van der Waals surface area contributed by atoms with Crippen molar-refractivity contribution in [3.8, 4) is 5.69 Å². The molecule has 3 nitrogen and oxygen atoms in total. The molecule has 0 spiro atoms. The van der Waals surface area contributed by atoms with Crippen molar-refractivity contribution in [3.05, 3.63) is 52.7 Å². The van der Waals surface area contributed by atoms with Crippen LogP contribution in [0.4, 0.5) is 0 Å². The Morgan fingerprint density at radius 1 is 1.31 bits per heavy atom. The number of imidazole rings is 1. The van der Waals surface area contributed by atoms with Gasteiger partial charge in [0, 0.05) is 12.4 Å². The van der Waals surface area contributed by atoms with Crippen LogP contribution in [0.3, 0.4) is 0 Å². The van der Waals surface area contributed by atoms with E-state index in [0.717, 1.165) is 11.3 Å². The molecule has 0 aliphatic rings. The van der Waals surface area contributed by atoms with Crippen LogP contribution >= 0.6 is 0 Å². The van der Waals surface area contributed by atoms with Gasteiger partial charge >= 0.3 is 5.69 Å². The summed E-state index contributed by atoms with van der Waals surface area (Å²) in [4.78, 5) is 13.9. The Kier molecular flexibility index (Phi) is 1.77. The van der Waals surface area contributed by atoms with Crippen LogP contribution in [0.2, 0.25) is 0 Å². The highest BCUT2D eigenvalue weighted by molar-refractivity contribution is 5.39. The van der Waals surface area contributed by atoms with E-state index in [4.69, 9.17) is 0 Å². The van der Waals surface area contributed by atoms with Crippen molar-refractivity contribution in [1.82, 2.24) is 9.55 Å². The molecule has 0 unspecified atom stereocenters. The summed E-state index contributed by atoms with van der Waals surface area (Å²) < 4.78 is 1.59. The van der Waals surface area contributed by atoms with Crippen LogP contribution in [0, 0.1) is 6.92 Å². The molecule has 13 heavy (non-hydrogen) atoms. The Bertz CT molecular complexity index is 468. The van der Waals surface area contributed by atoms with Crippen LogP contribution in [-0.2, 0) is 0 Å². The van der Waals surface area contributed by atoms with E-state index in [1.54, 1.807) is 17.0 Å². The summed E-state index contributed by atoms with van der Waals surface area (Å²) in [5, 5.41) is 0. The first-order chi connectivity index (χ1) is 6.29. The van der Waals surface area contributed by atoms with Crippen LogP contribution in [-0.4, -0.2) is 9.55 Å². The maximum atomic E-state index is 11.3. The van der Waals surface area contributed by atoms with Gasteiger partial charge in [-0.15, -0.1) is 0 Å². The quantitative estimate of drug-likeness (QED) is 0.698. The third kappa shape index (κ3) is 1.28. The smallest absolute Gasteiger partial charge is 0.312 e. The first-order valence-electron chi connectivity index (χ1n) is 4.11. The number of H-pyrrole nitrogens is 1. The Labute approximate surface area is 75.7 Å². The van der Waals surface area contributed by atoms with Crippen molar-refractivity contribution in [1.29, 1.82) is 0 Å². The molecule has 2 rings (SSSR count). The minimum absolute atomic E-state index is 0.102. The fourth-order valence-corrected chi connectivity index (χ4v) is 1.34. The van der Waals surface area contributed by atoms with E-state index in [1.807, 2.05) is 31.2 Å². The maximum Gasteiger partial charge on any atom is 0.330 e. The molecule has 1 N–H and O–H groups in total. The first-order valence-corrected chi connectivity index (χ1v) is 4.11. The third-order valence-corrected chi connectivity index (χ3v) is 2.02. The fraction of sp³-hybridized carbons (Fsp3) is 0.100. The molecule has 0 atom stereocenters. The molecule has 0 saturated heterocycles. The monoisotopic (exact) mass is 174 g/mol. The summed E-state index contributed by atoms with van der Waals surface area (Å²) in [7, 11) is 0. The SMILES string of the molecule is Cc1ccccc1-n1cc[nH]c1=O. The normalized spacial score (nSPS) is 10.2. The van der Waals surface area contributed by atoms with E-state index in [-0.39, 0.29) is 5.69 Å². The molecule has 1 aromatic carbocycles. The van der Waals surface area contributed by atoms with E-state index in [2.05, 4.69) is 4.98 Å². The van der Waals surface area contributed by atoms with E-state index in [1.165, 1.54) is 0 Å². The highest BCUT2D eigenvalue weighted by atomic mass is 16.1. The molecule has 0 fully saturated rings. The van der Waals surface area contributed by atoms with E-state index >= 15 is 0 Å². The summed E-state index contributed by atoms with van der Waals surface area (Å²) in [6.45, 7) is 1.98. The summed E-state index contributed by atoms with van der Waals surface area (Å²) in [5.74, 6) is 0. The number of hydrogen-bond donors (Lipinski definition) is 1. The highest BCUT2D eigenvalue weighted by Gasteiger charge is 2.01. The third-order valence-electron chi connectivity index (χ3n) is 2.02. The second-order valence-corrected chi connectivity index (χ2v) is 2.92. The number of aromatic nitrogens is 2. The van der Waals surface area contributed by atoms with Crippen LogP contribution in [0.5, 0.6) is 0 Å². The van der Waals surface area contributed by atoms with Crippen molar-refractivity contribution >= 4 is 0 Å². The Hall–Kier alpha value is -1.77. The Morgan fingerprint density at radius 2 is 2.08 bits per heavy atom. The second-order valence-electron chi connectivity index (χ2n) is 2.92. The molecule has 1 heterocycles. The average Bonchev–Trinajstić information content (AvgIpc) is 2.52. The van der Waals surface area contributed by atoms with Gasteiger partial charge in [0.2, 0.25) is 0 Å². The summed E-state index contributed by atoms with van der Waals surface area (Å²) in [5.41, 5.74) is 1.91. The van der Waals surface area contributed by atoms with Crippen molar-refractivity contribution < 1.29 is 0 Å². The second kappa shape index (κ2) is 2.94. The Balaban J connectivity index is 2.66. The number of nitrogens with one attached hydrogen (secondary N) is 1. The fourth-order valence-electron chi connectivity index (χ4n) is 1.34. The number of hydrogen-bond acceptors (Lipinski definition) is 1. The minimum Gasteiger partial charge on any atom is -0.312 e. The van der Waals surface area contributed by atoms with Crippen LogP contribution < -0.4 is 5.69 Å². The van der Waals surface area contributed by atoms with Gasteiger partial charge in [0.25, 0.3) is 0 Å². The van der Waals surface area contributed by atoms with E-state index < -0.39 is 0 Å². The topological polar surface area (TPSA) is 37.8 Å². The van der Waals surface area contributed by atoms with Gasteiger partial charge in [-0.25, -0.2) is 4.79 Å². The number of nitrogens with zero attached hydrogens (tertiary/aromatic N) is 1. The zero-order valence-corrected chi connectivity index (χ0v) is 7.32. The van der Waals surface area contributed by atoms with Gasteiger partial charge in [0.05, 0.1) is 5.69 Å². The van der Waals surface area contributed by atoms with E-state index in [0.29, 0.717) is 0 Å². The molecule has 0 aliphatic carbocycles. The lowest BCUT2D eigenvalue weighted by Crippen LogP contribution is -2.14. The molecule has 0 saturated carbocycles. The van der Waals surface area contributed by atoms with Crippen molar-refractivity contribution in [2.75, 3.05) is 0 Å². The molecular weight excluding hydrogens is 164 g/mol. The number of aromatic amines is 1. The number of para-hydroxylation sites is 1. The zero-order valence-electron chi connectivity index (χ0n) is 7.32. The lowest BCUT2D eigenvalue weighted by atomic mass is 10.2. The van der Waals surface area contributed by atoms with Crippen molar-refractivity contribution in [2.45, 2.75) is 6.92 Å². The minimum atomic E-state index is -0.102. The van der Waals surface area contributed by atoms with Gasteiger partial charge in [-0.05, 0) is 18.6 Å². The van der Waals surface area contributed by atoms with Crippen LogP contribution in [0.1, 0.15) is 5.56 Å². The number of rotatable bonds is 1. The predicted molar refractivity (Wildman–Crippen MR) is 51.1 cm³/mol. The van der Waals surface area contributed by atoms with Gasteiger partial charge in [-0.2, -0.15) is 0 Å². The molecule has 0 aliphatic heterocycles. The average molecular weight is 174 g/mol. The van der Waals surface area contributed by atoms with Gasteiger partial charge < -0.3 is 4.98 Å². The molecule has 0 radical (unpaired) electrons. The van der Waals surface area contributed by atoms with Gasteiger partial charge in [-0.3, -0.25) is 4.57 Å². The zero-order chi connectivity index (χ0) is 9.26. The molecular formula is C10H10N2O. The lowest BCUT2D eigenvalue weighted by molar-refractivity contribution is 0.976. The molecule has 66 valence electrons. The highest BCUT2D eigenvalue weighted by Crippen LogP contribution is 2.09. The van der Waals surface area contributed by atoms with Gasteiger partial charge in [-0.1, -0.05) is 18.2 Å².